The fourth-order valence-corrected chi connectivity index (χ4v) is 4.86. The monoisotopic (exact) mass is 230 g/mol. The van der Waals surface area contributed by atoms with Crippen LogP contribution < -0.4 is 0 Å². The molecule has 1 aliphatic rings. The molecule has 0 amide bonds. The summed E-state index contributed by atoms with van der Waals surface area (Å²) in [6.07, 6.45) is 4.83. The highest BCUT2D eigenvalue weighted by molar-refractivity contribution is 6.43. The molecule has 1 aliphatic heterocycles. The van der Waals surface area contributed by atoms with Gasteiger partial charge in [-0.05, 0) is 0 Å². The Bertz CT molecular complexity index is 454. The van der Waals surface area contributed by atoms with Gasteiger partial charge in [-0.15, -0.1) is 12.2 Å². The Morgan fingerprint density at radius 1 is 0.588 bits per heavy atom. The Labute approximate surface area is 112 Å². The molecule has 17 heavy (non-hydrogen) atoms. The van der Waals surface area contributed by atoms with E-state index in [9.17, 15) is 0 Å². The first kappa shape index (κ1) is 11.1. The van der Waals surface area contributed by atoms with E-state index in [4.69, 9.17) is 0 Å². The first-order chi connectivity index (χ1) is 8.43. The largest absolute Gasteiger partial charge is 0.399 e. The molecular formula is C16H14Mg. The molecule has 2 unspecified atom stereocenters. The second-order valence-corrected chi connectivity index (χ2v) is 6.89. The van der Waals surface area contributed by atoms with Crippen LogP contribution in [0, 0.1) is 0 Å². The quantitative estimate of drug-likeness (QED) is 0.545. The molecule has 0 nitrogen and oxygen atoms in total. The van der Waals surface area contributed by atoms with Crippen LogP contribution in [0.4, 0.5) is 0 Å². The van der Waals surface area contributed by atoms with E-state index < -0.39 is 0 Å². The van der Waals surface area contributed by atoms with E-state index in [-0.39, 0.29) is 20.4 Å². The number of allylic oxidation sites excluding steroid dienone is 2. The van der Waals surface area contributed by atoms with Gasteiger partial charge in [0.1, 0.15) is 0 Å². The van der Waals surface area contributed by atoms with E-state index >= 15 is 0 Å². The molecule has 2 atom stereocenters. The van der Waals surface area contributed by atoms with Crippen LogP contribution >= 0.6 is 0 Å². The molecule has 0 aliphatic carbocycles. The van der Waals surface area contributed by atoms with Crippen molar-refractivity contribution in [1.29, 1.82) is 0 Å². The van der Waals surface area contributed by atoms with Crippen LogP contribution in [-0.4, -0.2) is 20.4 Å². The molecule has 0 bridgehead atoms. The molecule has 1 heterocycles. The number of hydrogen-bond acceptors (Lipinski definition) is 0. The molecule has 0 aromatic heterocycles. The van der Waals surface area contributed by atoms with Crippen LogP contribution in [0.1, 0.15) is 19.2 Å². The summed E-state index contributed by atoms with van der Waals surface area (Å²) in [5, 5.41) is 0. The topological polar surface area (TPSA) is 0 Å². The van der Waals surface area contributed by atoms with Crippen molar-refractivity contribution in [1.82, 2.24) is 0 Å². The summed E-state index contributed by atoms with van der Waals surface area (Å²) < 4.78 is 1.45. The van der Waals surface area contributed by atoms with Crippen LogP contribution in [0.5, 0.6) is 0 Å². The van der Waals surface area contributed by atoms with Crippen molar-refractivity contribution in [3.8, 4) is 0 Å². The molecule has 2 aromatic rings. The standard InChI is InChI=1S/C16H14.Mg/c1-3-9-15(10-4-1)13-7-8-14-16-11-5-2-6-12-16;/h1-14H;. The van der Waals surface area contributed by atoms with Gasteiger partial charge in [0, 0.05) is 0 Å². The normalized spacial score (nSPS) is 21.9. The maximum atomic E-state index is 2.42. The average Bonchev–Trinajstić information content (AvgIpc) is 2.90. The van der Waals surface area contributed by atoms with Gasteiger partial charge in [-0.2, -0.15) is 0 Å². The van der Waals surface area contributed by atoms with E-state index in [0.29, 0.717) is 0 Å². The van der Waals surface area contributed by atoms with Crippen LogP contribution in [-0.2, 0) is 0 Å². The van der Waals surface area contributed by atoms with Crippen molar-refractivity contribution >= 4 is 20.4 Å². The predicted molar refractivity (Wildman–Crippen MR) is 73.3 cm³/mol. The number of benzene rings is 2. The van der Waals surface area contributed by atoms with E-state index in [2.05, 4.69) is 72.8 Å². The third-order valence-corrected chi connectivity index (χ3v) is 6.04. The Morgan fingerprint density at radius 2 is 1.00 bits per heavy atom. The lowest BCUT2D eigenvalue weighted by atomic mass is 10.1. The molecule has 0 radical (unpaired) electrons. The third-order valence-electron chi connectivity index (χ3n) is 3.54. The highest BCUT2D eigenvalue weighted by Gasteiger charge is 2.24. The van der Waals surface area contributed by atoms with Crippen molar-refractivity contribution in [2.75, 3.05) is 0 Å². The van der Waals surface area contributed by atoms with Gasteiger partial charge in [-0.25, -0.2) is 0 Å². The first-order valence-electron chi connectivity index (χ1n) is 6.22. The lowest BCUT2D eigenvalue weighted by Gasteiger charge is -2.10. The Morgan fingerprint density at radius 3 is 1.41 bits per heavy atom. The minimum absolute atomic E-state index is 0.136. The van der Waals surface area contributed by atoms with Crippen molar-refractivity contribution in [3.63, 3.8) is 0 Å². The van der Waals surface area contributed by atoms with Gasteiger partial charge in [-0.3, -0.25) is 0 Å². The van der Waals surface area contributed by atoms with Gasteiger partial charge in [0.15, 0.2) is 0 Å². The second kappa shape index (κ2) is 5.07. The summed E-state index contributed by atoms with van der Waals surface area (Å²) >= 11 is -0.136. The number of hydrogen-bond donors (Lipinski definition) is 0. The van der Waals surface area contributed by atoms with Gasteiger partial charge in [-0.1, -0.05) is 79.9 Å². The smallest absolute Gasteiger partial charge is 0.108 e. The van der Waals surface area contributed by atoms with Crippen molar-refractivity contribution in [2.45, 2.75) is 8.09 Å². The maximum absolute atomic E-state index is 2.42. The fraction of sp³-hybridized carbons (Fsp3) is 0.125. The third kappa shape index (κ3) is 2.45. The molecule has 0 saturated heterocycles. The zero-order valence-corrected chi connectivity index (χ0v) is 11.2. The lowest BCUT2D eigenvalue weighted by Crippen LogP contribution is -2.07. The highest BCUT2D eigenvalue weighted by Crippen LogP contribution is 2.30. The summed E-state index contributed by atoms with van der Waals surface area (Å²) in [7, 11) is 0. The molecule has 0 saturated carbocycles. The van der Waals surface area contributed by atoms with Crippen LogP contribution in [0.15, 0.2) is 72.8 Å². The van der Waals surface area contributed by atoms with E-state index in [1.54, 1.807) is 0 Å². The summed E-state index contributed by atoms with van der Waals surface area (Å²) in [5.74, 6) is 0. The zero-order chi connectivity index (χ0) is 11.5. The number of rotatable bonds is 2. The Hall–Kier alpha value is -1.05. The van der Waals surface area contributed by atoms with Crippen LogP contribution in [0.3, 0.4) is 0 Å². The zero-order valence-electron chi connectivity index (χ0n) is 9.79. The average molecular weight is 231 g/mol. The van der Waals surface area contributed by atoms with Crippen molar-refractivity contribution < 1.29 is 0 Å². The van der Waals surface area contributed by atoms with E-state index in [1.807, 2.05) is 0 Å². The molecule has 2 aromatic carbocycles. The molecule has 1 heteroatoms. The molecule has 0 spiro atoms. The summed E-state index contributed by atoms with van der Waals surface area (Å²) in [6.45, 7) is 0. The highest BCUT2D eigenvalue weighted by atomic mass is 24.5. The van der Waals surface area contributed by atoms with Crippen LogP contribution in [0.2, 0.25) is 0 Å². The van der Waals surface area contributed by atoms with E-state index in [0.717, 1.165) is 8.09 Å². The predicted octanol–water partition coefficient (Wildman–Crippen LogP) is 3.74. The molecule has 0 fully saturated rings. The minimum Gasteiger partial charge on any atom is -0.108 e. The molecule has 0 N–H and O–H groups in total. The van der Waals surface area contributed by atoms with Crippen molar-refractivity contribution in [2.24, 2.45) is 0 Å². The lowest BCUT2D eigenvalue weighted by molar-refractivity contribution is 1.18. The van der Waals surface area contributed by atoms with Gasteiger partial charge in [0.2, 0.25) is 0 Å². The van der Waals surface area contributed by atoms with Gasteiger partial charge in [0.25, 0.3) is 0 Å². The minimum atomic E-state index is -0.136. The Kier molecular flexibility index (Phi) is 3.30. The van der Waals surface area contributed by atoms with E-state index in [1.165, 1.54) is 11.1 Å². The molecular weight excluding hydrogens is 216 g/mol. The summed E-state index contributed by atoms with van der Waals surface area (Å²) in [5.41, 5.74) is 2.99. The van der Waals surface area contributed by atoms with Crippen LogP contribution in [0.25, 0.3) is 0 Å². The SMILES string of the molecule is C1=C[CH](c2ccccc2)[Mg][CH]1c1ccccc1. The molecule has 3 rings (SSSR count). The summed E-state index contributed by atoms with van der Waals surface area (Å²) in [6, 6.07) is 21.8. The Balaban J connectivity index is 1.78. The van der Waals surface area contributed by atoms with Gasteiger partial charge >= 0.3 is 20.4 Å². The maximum Gasteiger partial charge on any atom is 0.399 e. The second-order valence-electron chi connectivity index (χ2n) is 4.65. The summed E-state index contributed by atoms with van der Waals surface area (Å²) in [4.78, 5) is 0. The molecule has 80 valence electrons. The van der Waals surface area contributed by atoms with Gasteiger partial charge < -0.3 is 0 Å². The fourth-order valence-electron chi connectivity index (χ4n) is 2.59. The first-order valence-corrected chi connectivity index (χ1v) is 7.85. The van der Waals surface area contributed by atoms with Gasteiger partial charge in [0.05, 0.1) is 0 Å². The van der Waals surface area contributed by atoms with Crippen molar-refractivity contribution in [3.05, 3.63) is 83.9 Å².